The Balaban J connectivity index is 2.07. The molecule has 0 atom stereocenters. The normalized spacial score (nSPS) is 14.8. The van der Waals surface area contributed by atoms with Crippen molar-refractivity contribution in [3.05, 3.63) is 40.3 Å². The van der Waals surface area contributed by atoms with Crippen molar-refractivity contribution in [1.82, 2.24) is 15.3 Å². The molecular formula is C12H11N3O2. The Labute approximate surface area is 96.9 Å². The van der Waals surface area contributed by atoms with Crippen LogP contribution in [-0.4, -0.2) is 21.9 Å². The lowest BCUT2D eigenvalue weighted by molar-refractivity contribution is 0.0950. The molecule has 0 aromatic carbocycles. The second-order valence-electron chi connectivity index (χ2n) is 4.18. The Morgan fingerprint density at radius 3 is 3.06 bits per heavy atom. The van der Waals surface area contributed by atoms with E-state index in [2.05, 4.69) is 15.3 Å². The molecule has 0 aliphatic heterocycles. The largest absolute Gasteiger partial charge is 0.349 e. The molecule has 86 valence electrons. The fraction of sp³-hybridized carbons (Fsp3) is 0.250. The van der Waals surface area contributed by atoms with Crippen LogP contribution in [0, 0.1) is 0 Å². The van der Waals surface area contributed by atoms with Crippen LogP contribution in [0.5, 0.6) is 0 Å². The van der Waals surface area contributed by atoms with Crippen LogP contribution in [-0.2, 0) is 0 Å². The van der Waals surface area contributed by atoms with Gasteiger partial charge in [-0.25, -0.2) is 4.98 Å². The van der Waals surface area contributed by atoms with E-state index in [1.54, 1.807) is 18.3 Å². The van der Waals surface area contributed by atoms with E-state index in [0.717, 1.165) is 12.8 Å². The van der Waals surface area contributed by atoms with E-state index in [1.807, 2.05) is 0 Å². The van der Waals surface area contributed by atoms with Gasteiger partial charge in [-0.15, -0.1) is 0 Å². The van der Waals surface area contributed by atoms with E-state index in [4.69, 9.17) is 0 Å². The van der Waals surface area contributed by atoms with Crippen LogP contribution in [0.2, 0.25) is 0 Å². The minimum atomic E-state index is -0.306. The minimum absolute atomic E-state index is 0.150. The molecule has 1 fully saturated rings. The summed E-state index contributed by atoms with van der Waals surface area (Å²) in [6, 6.07) is 3.58. The number of aromatic amines is 1. The van der Waals surface area contributed by atoms with E-state index in [1.165, 1.54) is 6.20 Å². The summed E-state index contributed by atoms with van der Waals surface area (Å²) >= 11 is 0. The van der Waals surface area contributed by atoms with Crippen molar-refractivity contribution in [2.24, 2.45) is 0 Å². The first-order chi connectivity index (χ1) is 8.25. The zero-order valence-corrected chi connectivity index (χ0v) is 9.06. The fourth-order valence-electron chi connectivity index (χ4n) is 1.71. The quantitative estimate of drug-likeness (QED) is 0.800. The van der Waals surface area contributed by atoms with Crippen LogP contribution in [0.1, 0.15) is 23.2 Å². The van der Waals surface area contributed by atoms with Gasteiger partial charge >= 0.3 is 0 Å². The lowest BCUT2D eigenvalue weighted by Gasteiger charge is -2.03. The Morgan fingerprint density at radius 1 is 1.47 bits per heavy atom. The number of nitrogens with zero attached hydrogens (tertiary/aromatic N) is 1. The summed E-state index contributed by atoms with van der Waals surface area (Å²) in [5, 5.41) is 3.24. The van der Waals surface area contributed by atoms with Gasteiger partial charge in [-0.3, -0.25) is 9.59 Å². The van der Waals surface area contributed by atoms with Crippen molar-refractivity contribution in [3.8, 4) is 0 Å². The number of pyridine rings is 2. The molecule has 0 spiro atoms. The van der Waals surface area contributed by atoms with Gasteiger partial charge < -0.3 is 10.3 Å². The molecule has 2 heterocycles. The zero-order valence-electron chi connectivity index (χ0n) is 9.06. The van der Waals surface area contributed by atoms with E-state index in [0.29, 0.717) is 11.0 Å². The predicted octanol–water partition coefficient (Wildman–Crippen LogP) is 0.815. The van der Waals surface area contributed by atoms with Gasteiger partial charge in [0.05, 0.1) is 5.39 Å². The van der Waals surface area contributed by atoms with Gasteiger partial charge in [0.2, 0.25) is 5.43 Å². The van der Waals surface area contributed by atoms with Crippen molar-refractivity contribution < 1.29 is 4.79 Å². The third-order valence-electron chi connectivity index (χ3n) is 2.81. The standard InChI is InChI=1S/C12H11N3O2/c16-10-8-2-1-5-13-11(8)14-6-9(10)12(17)15-7-3-4-7/h1-2,5-7H,3-4H2,(H,15,17)(H,13,14,16). The first-order valence-electron chi connectivity index (χ1n) is 5.53. The Bertz CT molecular complexity index is 643. The van der Waals surface area contributed by atoms with E-state index >= 15 is 0 Å². The highest BCUT2D eigenvalue weighted by Crippen LogP contribution is 2.19. The highest BCUT2D eigenvalue weighted by Gasteiger charge is 2.25. The third kappa shape index (κ3) is 1.80. The summed E-state index contributed by atoms with van der Waals surface area (Å²) in [4.78, 5) is 30.8. The van der Waals surface area contributed by atoms with E-state index < -0.39 is 0 Å². The fourth-order valence-corrected chi connectivity index (χ4v) is 1.71. The molecule has 5 nitrogen and oxygen atoms in total. The molecule has 0 bridgehead atoms. The van der Waals surface area contributed by atoms with Crippen molar-refractivity contribution in [2.75, 3.05) is 0 Å². The molecule has 1 amide bonds. The minimum Gasteiger partial charge on any atom is -0.349 e. The Morgan fingerprint density at radius 2 is 2.29 bits per heavy atom. The van der Waals surface area contributed by atoms with Crippen LogP contribution in [0.4, 0.5) is 0 Å². The SMILES string of the molecule is O=C(NC1CC1)c1c[nH]c2ncccc2c1=O. The number of hydrogen-bond donors (Lipinski definition) is 2. The predicted molar refractivity (Wildman–Crippen MR) is 62.9 cm³/mol. The highest BCUT2D eigenvalue weighted by atomic mass is 16.2. The van der Waals surface area contributed by atoms with Crippen molar-refractivity contribution >= 4 is 16.9 Å². The molecule has 2 N–H and O–H groups in total. The van der Waals surface area contributed by atoms with Crippen LogP contribution in [0.25, 0.3) is 11.0 Å². The number of nitrogens with one attached hydrogen (secondary N) is 2. The summed E-state index contributed by atoms with van der Waals surface area (Å²) in [5.74, 6) is -0.306. The summed E-state index contributed by atoms with van der Waals surface area (Å²) in [5.41, 5.74) is 0.378. The first-order valence-corrected chi connectivity index (χ1v) is 5.53. The van der Waals surface area contributed by atoms with Gasteiger partial charge in [-0.2, -0.15) is 0 Å². The second-order valence-corrected chi connectivity index (χ2v) is 4.18. The maximum atomic E-state index is 12.1. The maximum Gasteiger partial charge on any atom is 0.256 e. The molecule has 17 heavy (non-hydrogen) atoms. The number of fused-ring (bicyclic) bond motifs is 1. The Hall–Kier alpha value is -2.17. The van der Waals surface area contributed by atoms with Crippen molar-refractivity contribution in [3.63, 3.8) is 0 Å². The average molecular weight is 229 g/mol. The summed E-state index contributed by atoms with van der Waals surface area (Å²) < 4.78 is 0. The molecule has 3 rings (SSSR count). The van der Waals surface area contributed by atoms with Gasteiger partial charge in [0.15, 0.2) is 0 Å². The second kappa shape index (κ2) is 3.69. The lowest BCUT2D eigenvalue weighted by atomic mass is 10.2. The molecule has 0 saturated heterocycles. The van der Waals surface area contributed by atoms with Crippen LogP contribution >= 0.6 is 0 Å². The lowest BCUT2D eigenvalue weighted by Crippen LogP contribution is -2.30. The van der Waals surface area contributed by atoms with Crippen LogP contribution in [0.15, 0.2) is 29.3 Å². The number of amides is 1. The maximum absolute atomic E-state index is 12.1. The summed E-state index contributed by atoms with van der Waals surface area (Å²) in [6.07, 6.45) is 5.02. The van der Waals surface area contributed by atoms with E-state index in [-0.39, 0.29) is 22.9 Å². The molecule has 1 saturated carbocycles. The number of aromatic nitrogens is 2. The topological polar surface area (TPSA) is 74.8 Å². The van der Waals surface area contributed by atoms with Crippen molar-refractivity contribution in [1.29, 1.82) is 0 Å². The van der Waals surface area contributed by atoms with Gasteiger partial charge in [-0.1, -0.05) is 0 Å². The smallest absolute Gasteiger partial charge is 0.256 e. The molecule has 2 aromatic heterocycles. The van der Waals surface area contributed by atoms with Gasteiger partial charge in [0, 0.05) is 18.4 Å². The number of hydrogen-bond acceptors (Lipinski definition) is 3. The van der Waals surface area contributed by atoms with E-state index in [9.17, 15) is 9.59 Å². The van der Waals surface area contributed by atoms with Crippen LogP contribution < -0.4 is 10.7 Å². The van der Waals surface area contributed by atoms with Gasteiger partial charge in [-0.05, 0) is 25.0 Å². The average Bonchev–Trinajstić information content (AvgIpc) is 3.13. The molecular weight excluding hydrogens is 218 g/mol. The number of carbonyl (C=O) groups excluding carboxylic acids is 1. The summed E-state index contributed by atoms with van der Waals surface area (Å²) in [7, 11) is 0. The highest BCUT2D eigenvalue weighted by molar-refractivity contribution is 5.96. The zero-order chi connectivity index (χ0) is 11.8. The molecule has 1 aliphatic rings. The first kappa shape index (κ1) is 10.0. The molecule has 0 unspecified atom stereocenters. The monoisotopic (exact) mass is 229 g/mol. The molecule has 0 radical (unpaired) electrons. The number of carbonyl (C=O) groups is 1. The molecule has 5 heteroatoms. The Kier molecular flexibility index (Phi) is 2.18. The van der Waals surface area contributed by atoms with Crippen LogP contribution in [0.3, 0.4) is 0 Å². The number of H-pyrrole nitrogens is 1. The summed E-state index contributed by atoms with van der Waals surface area (Å²) in [6.45, 7) is 0. The number of rotatable bonds is 2. The molecule has 2 aromatic rings. The van der Waals surface area contributed by atoms with Gasteiger partial charge in [0.1, 0.15) is 11.2 Å². The molecule has 1 aliphatic carbocycles. The van der Waals surface area contributed by atoms with Gasteiger partial charge in [0.25, 0.3) is 5.91 Å². The third-order valence-corrected chi connectivity index (χ3v) is 2.81. The van der Waals surface area contributed by atoms with Crippen molar-refractivity contribution in [2.45, 2.75) is 18.9 Å².